The van der Waals surface area contributed by atoms with E-state index in [2.05, 4.69) is 10.6 Å². The van der Waals surface area contributed by atoms with Crippen LogP contribution in [0.25, 0.3) is 16.5 Å². The standard InChI is InChI=1S/C16H13N3O2S2/c1-8-6-9(2-4-11(8)14(17)20)13-5-3-10(23-13)7-12-15(21)19-16(22)18-12/h2-7H,1H3,(H2,17,20)(H2,18,19,21,22). The Morgan fingerprint density at radius 3 is 2.65 bits per heavy atom. The molecule has 2 heterocycles. The van der Waals surface area contributed by atoms with Crippen molar-refractivity contribution in [1.29, 1.82) is 0 Å². The van der Waals surface area contributed by atoms with E-state index in [0.29, 0.717) is 16.4 Å². The fraction of sp³-hybridized carbons (Fsp3) is 0.0625. The van der Waals surface area contributed by atoms with Gasteiger partial charge in [0.15, 0.2) is 5.11 Å². The van der Waals surface area contributed by atoms with Gasteiger partial charge in [0.25, 0.3) is 5.91 Å². The second kappa shape index (κ2) is 5.94. The van der Waals surface area contributed by atoms with Gasteiger partial charge in [-0.05, 0) is 60.6 Å². The average molecular weight is 343 g/mol. The molecule has 5 nitrogen and oxygen atoms in total. The van der Waals surface area contributed by atoms with Gasteiger partial charge in [0, 0.05) is 15.3 Å². The number of hydrogen-bond donors (Lipinski definition) is 3. The molecule has 0 radical (unpaired) electrons. The van der Waals surface area contributed by atoms with Crippen molar-refractivity contribution in [3.05, 3.63) is 52.0 Å². The zero-order valence-corrected chi connectivity index (χ0v) is 13.8. The number of nitrogens with one attached hydrogen (secondary N) is 2. The number of amides is 2. The van der Waals surface area contributed by atoms with E-state index < -0.39 is 5.91 Å². The quantitative estimate of drug-likeness (QED) is 0.589. The van der Waals surface area contributed by atoms with Crippen molar-refractivity contribution in [2.24, 2.45) is 5.73 Å². The molecule has 2 amide bonds. The zero-order valence-electron chi connectivity index (χ0n) is 12.2. The van der Waals surface area contributed by atoms with Gasteiger partial charge in [0.2, 0.25) is 5.91 Å². The lowest BCUT2D eigenvalue weighted by Crippen LogP contribution is -2.21. The first kappa shape index (κ1) is 15.4. The van der Waals surface area contributed by atoms with Crippen molar-refractivity contribution in [2.75, 3.05) is 0 Å². The number of thiocarbonyl (C=S) groups is 1. The Morgan fingerprint density at radius 1 is 1.26 bits per heavy atom. The summed E-state index contributed by atoms with van der Waals surface area (Å²) in [5.41, 5.74) is 8.12. The third-order valence-corrected chi connectivity index (χ3v) is 4.70. The second-order valence-electron chi connectivity index (χ2n) is 5.06. The Bertz CT molecular complexity index is 868. The van der Waals surface area contributed by atoms with E-state index in [4.69, 9.17) is 18.0 Å². The number of primary amides is 1. The topological polar surface area (TPSA) is 84.2 Å². The summed E-state index contributed by atoms with van der Waals surface area (Å²) in [5.74, 6) is -0.661. The lowest BCUT2D eigenvalue weighted by molar-refractivity contribution is -0.115. The molecule has 1 aliphatic rings. The van der Waals surface area contributed by atoms with Crippen LogP contribution in [0, 0.1) is 6.92 Å². The van der Waals surface area contributed by atoms with E-state index >= 15 is 0 Å². The Hall–Kier alpha value is -2.51. The summed E-state index contributed by atoms with van der Waals surface area (Å²) in [6.07, 6.45) is 1.76. The fourth-order valence-electron chi connectivity index (χ4n) is 2.30. The molecule has 1 fully saturated rings. The molecule has 0 atom stereocenters. The molecule has 0 bridgehead atoms. The first-order valence-corrected chi connectivity index (χ1v) is 8.01. The van der Waals surface area contributed by atoms with Crippen LogP contribution < -0.4 is 16.4 Å². The van der Waals surface area contributed by atoms with E-state index in [1.807, 2.05) is 31.2 Å². The van der Waals surface area contributed by atoms with E-state index in [-0.39, 0.29) is 5.91 Å². The van der Waals surface area contributed by atoms with Gasteiger partial charge in [0.05, 0.1) is 0 Å². The highest BCUT2D eigenvalue weighted by molar-refractivity contribution is 7.80. The van der Waals surface area contributed by atoms with Gasteiger partial charge in [-0.1, -0.05) is 6.07 Å². The summed E-state index contributed by atoms with van der Waals surface area (Å²) >= 11 is 6.44. The predicted octanol–water partition coefficient (Wildman–Crippen LogP) is 2.17. The van der Waals surface area contributed by atoms with Crippen molar-refractivity contribution in [3.8, 4) is 10.4 Å². The molecule has 0 saturated carbocycles. The van der Waals surface area contributed by atoms with Gasteiger partial charge >= 0.3 is 0 Å². The van der Waals surface area contributed by atoms with Crippen molar-refractivity contribution in [1.82, 2.24) is 10.6 Å². The molecule has 1 aromatic carbocycles. The number of benzene rings is 1. The summed E-state index contributed by atoms with van der Waals surface area (Å²) in [6, 6.07) is 9.43. The van der Waals surface area contributed by atoms with Crippen LogP contribution in [-0.2, 0) is 4.79 Å². The van der Waals surface area contributed by atoms with Gasteiger partial charge in [-0.15, -0.1) is 11.3 Å². The van der Waals surface area contributed by atoms with Crippen LogP contribution in [0.2, 0.25) is 0 Å². The largest absolute Gasteiger partial charge is 0.366 e. The third-order valence-electron chi connectivity index (χ3n) is 3.41. The first-order valence-electron chi connectivity index (χ1n) is 6.79. The summed E-state index contributed by atoms with van der Waals surface area (Å²) in [6.45, 7) is 1.85. The van der Waals surface area contributed by atoms with Crippen LogP contribution in [0.4, 0.5) is 0 Å². The molecule has 7 heteroatoms. The van der Waals surface area contributed by atoms with Crippen LogP contribution in [0.15, 0.2) is 36.0 Å². The van der Waals surface area contributed by atoms with Crippen molar-refractivity contribution < 1.29 is 9.59 Å². The van der Waals surface area contributed by atoms with E-state index in [9.17, 15) is 9.59 Å². The predicted molar refractivity (Wildman–Crippen MR) is 94.9 cm³/mol. The van der Waals surface area contributed by atoms with Gasteiger partial charge in [-0.2, -0.15) is 0 Å². The van der Waals surface area contributed by atoms with E-state index in [0.717, 1.165) is 20.9 Å². The van der Waals surface area contributed by atoms with Crippen LogP contribution in [0.1, 0.15) is 20.8 Å². The summed E-state index contributed by atoms with van der Waals surface area (Å²) in [4.78, 5) is 24.9. The van der Waals surface area contributed by atoms with Crippen molar-refractivity contribution >= 4 is 46.6 Å². The number of nitrogens with two attached hydrogens (primary N) is 1. The minimum Gasteiger partial charge on any atom is -0.366 e. The SMILES string of the molecule is Cc1cc(-c2ccc(C=C3NC(=S)NC3=O)s2)ccc1C(N)=O. The highest BCUT2D eigenvalue weighted by Crippen LogP contribution is 2.30. The third kappa shape index (κ3) is 3.15. The van der Waals surface area contributed by atoms with E-state index in [1.54, 1.807) is 23.5 Å². The van der Waals surface area contributed by atoms with Crippen molar-refractivity contribution in [3.63, 3.8) is 0 Å². The normalized spacial score (nSPS) is 15.6. The lowest BCUT2D eigenvalue weighted by atomic mass is 10.0. The average Bonchev–Trinajstić information content (AvgIpc) is 3.06. The maximum atomic E-state index is 11.6. The van der Waals surface area contributed by atoms with Crippen LogP contribution >= 0.6 is 23.6 Å². The number of thiophene rings is 1. The molecule has 2 aromatic rings. The minimum absolute atomic E-state index is 0.230. The first-order chi connectivity index (χ1) is 10.9. The number of rotatable bonds is 3. The Kier molecular flexibility index (Phi) is 3.97. The molecule has 0 unspecified atom stereocenters. The van der Waals surface area contributed by atoms with Gasteiger partial charge in [-0.25, -0.2) is 0 Å². The molecule has 23 heavy (non-hydrogen) atoms. The number of carbonyl (C=O) groups is 2. The van der Waals surface area contributed by atoms with Gasteiger partial charge in [0.1, 0.15) is 5.70 Å². The van der Waals surface area contributed by atoms with Gasteiger partial charge in [-0.3, -0.25) is 14.9 Å². The monoisotopic (exact) mass is 343 g/mol. The Labute approximate surface area is 142 Å². The molecule has 1 aliphatic heterocycles. The zero-order chi connectivity index (χ0) is 16.6. The maximum Gasteiger partial charge on any atom is 0.273 e. The molecule has 1 saturated heterocycles. The highest BCUT2D eigenvalue weighted by atomic mass is 32.1. The molecule has 0 aliphatic carbocycles. The summed E-state index contributed by atoms with van der Waals surface area (Å²) in [5, 5.41) is 5.66. The fourth-order valence-corrected chi connectivity index (χ4v) is 3.45. The molecule has 0 spiro atoms. The Morgan fingerprint density at radius 2 is 2.04 bits per heavy atom. The number of aryl methyl sites for hydroxylation is 1. The molecular formula is C16H13N3O2S2. The smallest absolute Gasteiger partial charge is 0.273 e. The molecule has 4 N–H and O–H groups in total. The summed E-state index contributed by atoms with van der Waals surface area (Å²) < 4.78 is 0. The van der Waals surface area contributed by atoms with Crippen LogP contribution in [0.5, 0.6) is 0 Å². The van der Waals surface area contributed by atoms with Crippen molar-refractivity contribution in [2.45, 2.75) is 6.92 Å². The summed E-state index contributed by atoms with van der Waals surface area (Å²) in [7, 11) is 0. The highest BCUT2D eigenvalue weighted by Gasteiger charge is 2.20. The molecule has 3 rings (SSSR count). The van der Waals surface area contributed by atoms with Crippen LogP contribution in [0.3, 0.4) is 0 Å². The van der Waals surface area contributed by atoms with Crippen LogP contribution in [-0.4, -0.2) is 16.9 Å². The maximum absolute atomic E-state index is 11.6. The van der Waals surface area contributed by atoms with Gasteiger partial charge < -0.3 is 11.1 Å². The second-order valence-corrected chi connectivity index (χ2v) is 6.59. The number of carbonyl (C=O) groups excluding carboxylic acids is 2. The Balaban J connectivity index is 1.89. The molecule has 1 aromatic heterocycles. The van der Waals surface area contributed by atoms with E-state index in [1.165, 1.54) is 0 Å². The number of hydrogen-bond acceptors (Lipinski definition) is 4. The minimum atomic E-state index is -0.431. The molecular weight excluding hydrogens is 330 g/mol. The molecule has 116 valence electrons. The lowest BCUT2D eigenvalue weighted by Gasteiger charge is -2.04.